The highest BCUT2D eigenvalue weighted by Gasteiger charge is 1.99. The van der Waals surface area contributed by atoms with Crippen LogP contribution in [0.15, 0.2) is 42.9 Å². The second-order valence-electron chi connectivity index (χ2n) is 2.83. The first-order valence-corrected chi connectivity index (χ1v) is 4.22. The summed E-state index contributed by atoms with van der Waals surface area (Å²) in [5, 5.41) is 0. The maximum absolute atomic E-state index is 10.5. The molecule has 0 radical (unpaired) electrons. The molecule has 3 heteroatoms. The molecule has 0 unspecified atom stereocenters. The van der Waals surface area contributed by atoms with E-state index in [2.05, 4.69) is 9.97 Å². The SMILES string of the molecule is O=Cc1ccnc(-c2cccnc2)c1. The molecule has 3 nitrogen and oxygen atoms in total. The molecular weight excluding hydrogens is 176 g/mol. The zero-order valence-electron chi connectivity index (χ0n) is 7.42. The molecule has 0 N–H and O–H groups in total. The van der Waals surface area contributed by atoms with Crippen molar-refractivity contribution in [1.82, 2.24) is 9.97 Å². The van der Waals surface area contributed by atoms with Gasteiger partial charge in [-0.05, 0) is 24.3 Å². The fourth-order valence-corrected chi connectivity index (χ4v) is 1.19. The molecule has 0 aliphatic carbocycles. The van der Waals surface area contributed by atoms with Crippen molar-refractivity contribution in [1.29, 1.82) is 0 Å². The minimum absolute atomic E-state index is 0.624. The Morgan fingerprint density at radius 1 is 1.21 bits per heavy atom. The second kappa shape index (κ2) is 3.79. The number of hydrogen-bond donors (Lipinski definition) is 0. The highest BCUT2D eigenvalue weighted by atomic mass is 16.1. The highest BCUT2D eigenvalue weighted by molar-refractivity contribution is 5.77. The van der Waals surface area contributed by atoms with E-state index in [-0.39, 0.29) is 0 Å². The van der Waals surface area contributed by atoms with Gasteiger partial charge < -0.3 is 0 Å². The molecule has 0 saturated heterocycles. The Morgan fingerprint density at radius 2 is 2.14 bits per heavy atom. The van der Waals surface area contributed by atoms with E-state index < -0.39 is 0 Å². The van der Waals surface area contributed by atoms with Gasteiger partial charge in [0.15, 0.2) is 0 Å². The molecule has 0 atom stereocenters. The van der Waals surface area contributed by atoms with Crippen LogP contribution in [0.25, 0.3) is 11.3 Å². The van der Waals surface area contributed by atoms with Gasteiger partial charge in [-0.1, -0.05) is 0 Å². The van der Waals surface area contributed by atoms with Crippen molar-refractivity contribution in [2.24, 2.45) is 0 Å². The molecular formula is C11H8N2O. The van der Waals surface area contributed by atoms with Crippen molar-refractivity contribution in [3.05, 3.63) is 48.4 Å². The van der Waals surface area contributed by atoms with Gasteiger partial charge in [0.2, 0.25) is 0 Å². The predicted octanol–water partition coefficient (Wildman–Crippen LogP) is 1.96. The number of aldehydes is 1. The van der Waals surface area contributed by atoms with Crippen LogP contribution in [0.2, 0.25) is 0 Å². The third-order valence-electron chi connectivity index (χ3n) is 1.88. The minimum atomic E-state index is 0.624. The van der Waals surface area contributed by atoms with Gasteiger partial charge >= 0.3 is 0 Å². The summed E-state index contributed by atoms with van der Waals surface area (Å²) in [6.07, 6.45) is 5.84. The molecule has 14 heavy (non-hydrogen) atoms. The van der Waals surface area contributed by atoms with Crippen LogP contribution in [0, 0.1) is 0 Å². The van der Waals surface area contributed by atoms with Gasteiger partial charge in [-0.25, -0.2) is 0 Å². The van der Waals surface area contributed by atoms with Crippen molar-refractivity contribution in [2.75, 3.05) is 0 Å². The molecule has 2 aromatic rings. The molecule has 0 saturated carbocycles. The molecule has 68 valence electrons. The maximum atomic E-state index is 10.5. The van der Waals surface area contributed by atoms with Gasteiger partial charge in [-0.15, -0.1) is 0 Å². The van der Waals surface area contributed by atoms with E-state index in [0.29, 0.717) is 5.56 Å². The Bertz CT molecular complexity index is 440. The summed E-state index contributed by atoms with van der Waals surface area (Å²) < 4.78 is 0. The Morgan fingerprint density at radius 3 is 2.86 bits per heavy atom. The first-order chi connectivity index (χ1) is 6.90. The second-order valence-corrected chi connectivity index (χ2v) is 2.83. The molecule has 0 fully saturated rings. The van der Waals surface area contributed by atoms with E-state index in [1.165, 1.54) is 0 Å². The van der Waals surface area contributed by atoms with E-state index in [9.17, 15) is 4.79 Å². The standard InChI is InChI=1S/C11H8N2O/c14-8-9-3-5-13-11(6-9)10-2-1-4-12-7-10/h1-8H. The van der Waals surface area contributed by atoms with Gasteiger partial charge in [0, 0.05) is 29.7 Å². The molecule has 0 spiro atoms. The Balaban J connectivity index is 2.47. The first kappa shape index (κ1) is 8.56. The summed E-state index contributed by atoms with van der Waals surface area (Å²) >= 11 is 0. The van der Waals surface area contributed by atoms with Crippen molar-refractivity contribution in [3.63, 3.8) is 0 Å². The molecule has 0 aromatic carbocycles. The quantitative estimate of drug-likeness (QED) is 0.670. The number of nitrogens with zero attached hydrogens (tertiary/aromatic N) is 2. The van der Waals surface area contributed by atoms with Gasteiger partial charge in [-0.3, -0.25) is 14.8 Å². The van der Waals surface area contributed by atoms with E-state index in [0.717, 1.165) is 17.5 Å². The van der Waals surface area contributed by atoms with Crippen molar-refractivity contribution >= 4 is 6.29 Å². The molecule has 0 aliphatic rings. The molecule has 2 heterocycles. The first-order valence-electron chi connectivity index (χ1n) is 4.22. The molecule has 2 rings (SSSR count). The summed E-state index contributed by atoms with van der Waals surface area (Å²) in [4.78, 5) is 18.7. The maximum Gasteiger partial charge on any atom is 0.150 e. The number of aromatic nitrogens is 2. The molecule has 0 bridgehead atoms. The average Bonchev–Trinajstić information content (AvgIpc) is 2.30. The van der Waals surface area contributed by atoms with Crippen LogP contribution in [0.1, 0.15) is 10.4 Å². The van der Waals surface area contributed by atoms with Gasteiger partial charge in [0.25, 0.3) is 0 Å². The predicted molar refractivity (Wildman–Crippen MR) is 52.9 cm³/mol. The largest absolute Gasteiger partial charge is 0.298 e. The molecule has 0 amide bonds. The summed E-state index contributed by atoms with van der Waals surface area (Å²) in [5.74, 6) is 0. The summed E-state index contributed by atoms with van der Waals surface area (Å²) in [7, 11) is 0. The zero-order valence-corrected chi connectivity index (χ0v) is 7.42. The van der Waals surface area contributed by atoms with Crippen molar-refractivity contribution in [3.8, 4) is 11.3 Å². The number of carbonyl (C=O) groups is 1. The lowest BCUT2D eigenvalue weighted by Gasteiger charge is -1.99. The van der Waals surface area contributed by atoms with Crippen LogP contribution < -0.4 is 0 Å². The van der Waals surface area contributed by atoms with E-state index in [1.54, 1.807) is 30.7 Å². The molecule has 2 aromatic heterocycles. The van der Waals surface area contributed by atoms with Gasteiger partial charge in [-0.2, -0.15) is 0 Å². The molecule has 0 aliphatic heterocycles. The van der Waals surface area contributed by atoms with E-state index in [1.807, 2.05) is 12.1 Å². The minimum Gasteiger partial charge on any atom is -0.298 e. The summed E-state index contributed by atoms with van der Waals surface area (Å²) in [6.45, 7) is 0. The lowest BCUT2D eigenvalue weighted by molar-refractivity contribution is 0.112. The van der Waals surface area contributed by atoms with Crippen LogP contribution in [0.3, 0.4) is 0 Å². The van der Waals surface area contributed by atoms with Gasteiger partial charge in [0.1, 0.15) is 6.29 Å². The van der Waals surface area contributed by atoms with Crippen molar-refractivity contribution < 1.29 is 4.79 Å². The third kappa shape index (κ3) is 1.66. The number of carbonyl (C=O) groups excluding carboxylic acids is 1. The number of pyridine rings is 2. The monoisotopic (exact) mass is 184 g/mol. The van der Waals surface area contributed by atoms with Crippen LogP contribution in [0.4, 0.5) is 0 Å². The Labute approximate surface area is 81.5 Å². The third-order valence-corrected chi connectivity index (χ3v) is 1.88. The van der Waals surface area contributed by atoms with Gasteiger partial charge in [0.05, 0.1) is 5.69 Å². The topological polar surface area (TPSA) is 42.9 Å². The zero-order chi connectivity index (χ0) is 9.80. The smallest absolute Gasteiger partial charge is 0.150 e. The number of rotatable bonds is 2. The average molecular weight is 184 g/mol. The lowest BCUT2D eigenvalue weighted by Crippen LogP contribution is -1.86. The Hall–Kier alpha value is -2.03. The fraction of sp³-hybridized carbons (Fsp3) is 0. The normalized spacial score (nSPS) is 9.71. The lowest BCUT2D eigenvalue weighted by atomic mass is 10.1. The van der Waals surface area contributed by atoms with Crippen molar-refractivity contribution in [2.45, 2.75) is 0 Å². The van der Waals surface area contributed by atoms with E-state index >= 15 is 0 Å². The summed E-state index contributed by atoms with van der Waals surface area (Å²) in [6, 6.07) is 7.16. The highest BCUT2D eigenvalue weighted by Crippen LogP contribution is 2.15. The summed E-state index contributed by atoms with van der Waals surface area (Å²) in [5.41, 5.74) is 2.30. The van der Waals surface area contributed by atoms with E-state index in [4.69, 9.17) is 0 Å². The fourth-order valence-electron chi connectivity index (χ4n) is 1.19. The Kier molecular flexibility index (Phi) is 2.32. The van der Waals surface area contributed by atoms with Crippen LogP contribution >= 0.6 is 0 Å². The van der Waals surface area contributed by atoms with Crippen LogP contribution in [0.5, 0.6) is 0 Å². The van der Waals surface area contributed by atoms with Crippen LogP contribution in [-0.2, 0) is 0 Å². The van der Waals surface area contributed by atoms with Crippen LogP contribution in [-0.4, -0.2) is 16.3 Å². The number of hydrogen-bond acceptors (Lipinski definition) is 3.